The van der Waals surface area contributed by atoms with E-state index >= 15 is 0 Å². The van der Waals surface area contributed by atoms with Crippen molar-refractivity contribution in [2.75, 3.05) is 11.9 Å². The third kappa shape index (κ3) is 5.23. The Morgan fingerprint density at radius 3 is 2.55 bits per heavy atom. The van der Waals surface area contributed by atoms with Gasteiger partial charge < -0.3 is 9.64 Å². The summed E-state index contributed by atoms with van der Waals surface area (Å²) in [7, 11) is 0. The second kappa shape index (κ2) is 9.07. The van der Waals surface area contributed by atoms with Crippen LogP contribution < -0.4 is 10.1 Å². The first kappa shape index (κ1) is 22.5. The molecule has 0 radical (unpaired) electrons. The molecule has 3 aromatic rings. The minimum absolute atomic E-state index is 0.236. The second-order valence-electron chi connectivity index (χ2n) is 7.26. The van der Waals surface area contributed by atoms with Gasteiger partial charge in [-0.15, -0.1) is 11.3 Å². The Balaban J connectivity index is 1.45. The van der Waals surface area contributed by atoms with Gasteiger partial charge >= 0.3 is 6.18 Å². The van der Waals surface area contributed by atoms with Crippen molar-refractivity contribution in [1.82, 2.24) is 9.88 Å². The Bertz CT molecular complexity index is 1210. The maximum Gasteiger partial charge on any atom is 0.416 e. The highest BCUT2D eigenvalue weighted by molar-refractivity contribution is 7.14. The molecule has 2 amide bonds. The summed E-state index contributed by atoms with van der Waals surface area (Å²) in [5.74, 6) is 0.0787. The van der Waals surface area contributed by atoms with E-state index in [4.69, 9.17) is 4.74 Å². The van der Waals surface area contributed by atoms with Crippen molar-refractivity contribution < 1.29 is 27.5 Å². The number of anilines is 1. The highest BCUT2D eigenvalue weighted by atomic mass is 32.1. The number of benzene rings is 2. The number of hydrogen-bond donors (Lipinski definition) is 1. The summed E-state index contributed by atoms with van der Waals surface area (Å²) in [6.45, 7) is 4.22. The molecular weight excluding hydrogens is 455 g/mol. The quantitative estimate of drug-likeness (QED) is 0.512. The first-order valence-corrected chi connectivity index (χ1v) is 10.8. The molecule has 1 N–H and O–H groups in total. The van der Waals surface area contributed by atoms with Gasteiger partial charge in [0.25, 0.3) is 5.91 Å². The number of halogens is 3. The summed E-state index contributed by atoms with van der Waals surface area (Å²) in [6.07, 6.45) is -2.64. The first-order valence-electron chi connectivity index (χ1n) is 9.88. The van der Waals surface area contributed by atoms with E-state index in [9.17, 15) is 22.8 Å². The fourth-order valence-electron chi connectivity index (χ4n) is 3.37. The summed E-state index contributed by atoms with van der Waals surface area (Å²) in [6, 6.07) is 9.89. The molecule has 1 aliphatic rings. The number of amides is 2. The predicted octanol–water partition coefficient (Wildman–Crippen LogP) is 5.28. The Morgan fingerprint density at radius 2 is 1.85 bits per heavy atom. The number of nitrogens with one attached hydrogen (secondary N) is 1. The van der Waals surface area contributed by atoms with Crippen molar-refractivity contribution >= 4 is 28.3 Å². The van der Waals surface area contributed by atoms with Gasteiger partial charge in [0.2, 0.25) is 5.91 Å². The highest BCUT2D eigenvalue weighted by Gasteiger charge is 2.30. The number of ether oxygens (including phenoxy) is 1. The minimum atomic E-state index is -4.41. The fourth-order valence-corrected chi connectivity index (χ4v) is 4.05. The third-order valence-corrected chi connectivity index (χ3v) is 5.79. The first-order chi connectivity index (χ1) is 15.7. The number of hydrogen-bond acceptors (Lipinski definition) is 5. The molecule has 0 bridgehead atoms. The zero-order valence-corrected chi connectivity index (χ0v) is 18.0. The van der Waals surface area contributed by atoms with Crippen LogP contribution >= 0.6 is 11.3 Å². The predicted molar refractivity (Wildman–Crippen MR) is 117 cm³/mol. The molecule has 0 unspecified atom stereocenters. The van der Waals surface area contributed by atoms with E-state index < -0.39 is 17.6 Å². The largest absolute Gasteiger partial charge is 0.457 e. The lowest BCUT2D eigenvalue weighted by Crippen LogP contribution is -2.36. The van der Waals surface area contributed by atoms with Crippen molar-refractivity contribution in [3.8, 4) is 11.5 Å². The Labute approximate surface area is 191 Å². The van der Waals surface area contributed by atoms with E-state index in [1.54, 1.807) is 22.4 Å². The van der Waals surface area contributed by atoms with Gasteiger partial charge in [-0.3, -0.25) is 14.9 Å². The molecule has 33 heavy (non-hydrogen) atoms. The van der Waals surface area contributed by atoms with E-state index in [-0.39, 0.29) is 17.4 Å². The Hall–Kier alpha value is -3.66. The summed E-state index contributed by atoms with van der Waals surface area (Å²) in [5, 5.41) is 4.43. The average Bonchev–Trinajstić information content (AvgIpc) is 3.26. The van der Waals surface area contributed by atoms with Crippen LogP contribution in [-0.2, 0) is 23.9 Å². The topological polar surface area (TPSA) is 71.5 Å². The van der Waals surface area contributed by atoms with Crippen LogP contribution in [-0.4, -0.2) is 28.2 Å². The maximum atomic E-state index is 12.9. The molecular formula is C23H18F3N3O3S. The van der Waals surface area contributed by atoms with Crippen molar-refractivity contribution in [1.29, 1.82) is 0 Å². The fraction of sp³-hybridized carbons (Fsp3) is 0.174. The van der Waals surface area contributed by atoms with Crippen LogP contribution in [0.5, 0.6) is 11.5 Å². The van der Waals surface area contributed by atoms with Gasteiger partial charge in [-0.05, 0) is 60.0 Å². The standard InChI is InChI=1S/C23H18F3N3O3S/c1-2-20(30)28-22-27-19(13-33-22)21(31)29-10-9-14-3-6-18(11-15(14)12-29)32-17-7-4-16(5-8-17)23(24,25)26/h2-8,11,13H,1,9-10,12H2,(H,27,28,30). The molecule has 10 heteroatoms. The molecule has 0 saturated carbocycles. The molecule has 2 aromatic carbocycles. The van der Waals surface area contributed by atoms with Gasteiger partial charge in [0, 0.05) is 18.5 Å². The molecule has 0 saturated heterocycles. The van der Waals surface area contributed by atoms with Crippen molar-refractivity contribution in [3.05, 3.63) is 82.9 Å². The molecule has 1 aliphatic heterocycles. The van der Waals surface area contributed by atoms with E-state index in [0.717, 1.165) is 40.7 Å². The zero-order chi connectivity index (χ0) is 23.6. The number of alkyl halides is 3. The summed E-state index contributed by atoms with van der Waals surface area (Å²) >= 11 is 1.15. The lowest BCUT2D eigenvalue weighted by molar-refractivity contribution is -0.137. The van der Waals surface area contributed by atoms with Crippen LogP contribution in [0.15, 0.2) is 60.5 Å². The molecule has 170 valence electrons. The highest BCUT2D eigenvalue weighted by Crippen LogP contribution is 2.32. The molecule has 0 fully saturated rings. The summed E-state index contributed by atoms with van der Waals surface area (Å²) in [5.41, 5.74) is 1.44. The monoisotopic (exact) mass is 473 g/mol. The van der Waals surface area contributed by atoms with Crippen LogP contribution in [0.1, 0.15) is 27.2 Å². The van der Waals surface area contributed by atoms with Crippen molar-refractivity contribution in [2.45, 2.75) is 19.1 Å². The number of rotatable bonds is 5. The van der Waals surface area contributed by atoms with Gasteiger partial charge in [0.05, 0.1) is 5.56 Å². The second-order valence-corrected chi connectivity index (χ2v) is 8.12. The third-order valence-electron chi connectivity index (χ3n) is 5.03. The lowest BCUT2D eigenvalue weighted by Gasteiger charge is -2.28. The van der Waals surface area contributed by atoms with Crippen LogP contribution in [0.2, 0.25) is 0 Å². The zero-order valence-electron chi connectivity index (χ0n) is 17.2. The van der Waals surface area contributed by atoms with E-state index in [0.29, 0.717) is 30.4 Å². The van der Waals surface area contributed by atoms with Gasteiger partial charge in [-0.2, -0.15) is 13.2 Å². The number of carbonyl (C=O) groups is 2. The molecule has 4 rings (SSSR count). The number of thiazole rings is 1. The molecule has 0 spiro atoms. The van der Waals surface area contributed by atoms with Crippen molar-refractivity contribution in [2.24, 2.45) is 0 Å². The van der Waals surface area contributed by atoms with Crippen LogP contribution in [0.4, 0.5) is 18.3 Å². The Kier molecular flexibility index (Phi) is 6.19. The number of fused-ring (bicyclic) bond motifs is 1. The van der Waals surface area contributed by atoms with Gasteiger partial charge in [-0.25, -0.2) is 4.98 Å². The van der Waals surface area contributed by atoms with Gasteiger partial charge in [-0.1, -0.05) is 12.6 Å². The number of carbonyl (C=O) groups excluding carboxylic acids is 2. The summed E-state index contributed by atoms with van der Waals surface area (Å²) < 4.78 is 43.9. The van der Waals surface area contributed by atoms with Crippen LogP contribution in [0, 0.1) is 0 Å². The normalized spacial score (nSPS) is 13.2. The van der Waals surface area contributed by atoms with Crippen LogP contribution in [0.3, 0.4) is 0 Å². The van der Waals surface area contributed by atoms with E-state index in [1.165, 1.54) is 12.1 Å². The molecule has 0 aliphatic carbocycles. The van der Waals surface area contributed by atoms with Crippen molar-refractivity contribution in [3.63, 3.8) is 0 Å². The maximum absolute atomic E-state index is 12.9. The SMILES string of the molecule is C=CC(=O)Nc1nc(C(=O)N2CCc3ccc(Oc4ccc(C(F)(F)F)cc4)cc3C2)cs1. The molecule has 1 aromatic heterocycles. The lowest BCUT2D eigenvalue weighted by atomic mass is 9.99. The van der Waals surface area contributed by atoms with E-state index in [1.807, 2.05) is 6.07 Å². The Morgan fingerprint density at radius 1 is 1.12 bits per heavy atom. The molecule has 6 nitrogen and oxygen atoms in total. The number of nitrogens with zero attached hydrogens (tertiary/aromatic N) is 2. The van der Waals surface area contributed by atoms with Gasteiger partial charge in [0.15, 0.2) is 5.13 Å². The van der Waals surface area contributed by atoms with E-state index in [2.05, 4.69) is 16.9 Å². The minimum Gasteiger partial charge on any atom is -0.457 e. The summed E-state index contributed by atoms with van der Waals surface area (Å²) in [4.78, 5) is 30.1. The van der Waals surface area contributed by atoms with Crippen LogP contribution in [0.25, 0.3) is 0 Å². The van der Waals surface area contributed by atoms with Gasteiger partial charge in [0.1, 0.15) is 17.2 Å². The smallest absolute Gasteiger partial charge is 0.416 e. The molecule has 2 heterocycles. The molecule has 0 atom stereocenters. The average molecular weight is 473 g/mol. The number of aromatic nitrogens is 1.